The Kier molecular flexibility index (Phi) is 5.41. The Morgan fingerprint density at radius 3 is 2.40 bits per heavy atom. The number of aromatic nitrogens is 3. The van der Waals surface area contributed by atoms with Gasteiger partial charge in [0.2, 0.25) is 5.91 Å². The van der Waals surface area contributed by atoms with Crippen molar-refractivity contribution in [1.29, 1.82) is 0 Å². The average molecular weight is 336 g/mol. The van der Waals surface area contributed by atoms with Crippen LogP contribution in [0, 0.1) is 0 Å². The van der Waals surface area contributed by atoms with Gasteiger partial charge in [0.15, 0.2) is 0 Å². The predicted octanol–water partition coefficient (Wildman–Crippen LogP) is 2.39. The second-order valence-electron chi connectivity index (χ2n) is 5.64. The highest BCUT2D eigenvalue weighted by atomic mass is 16.5. The van der Waals surface area contributed by atoms with Crippen molar-refractivity contribution >= 4 is 5.91 Å². The summed E-state index contributed by atoms with van der Waals surface area (Å²) in [5.41, 5.74) is 1.95. The van der Waals surface area contributed by atoms with Crippen LogP contribution in [0.1, 0.15) is 17.2 Å². The molecule has 6 nitrogen and oxygen atoms in total. The molecule has 0 aliphatic carbocycles. The molecule has 0 unspecified atom stereocenters. The van der Waals surface area contributed by atoms with E-state index in [1.165, 1.54) is 0 Å². The van der Waals surface area contributed by atoms with E-state index in [9.17, 15) is 4.79 Å². The number of carbonyl (C=O) groups is 1. The highest BCUT2D eigenvalue weighted by molar-refractivity contribution is 5.79. The Morgan fingerprint density at radius 1 is 1.08 bits per heavy atom. The Labute approximate surface area is 146 Å². The van der Waals surface area contributed by atoms with Gasteiger partial charge in [0.25, 0.3) is 0 Å². The van der Waals surface area contributed by atoms with Crippen molar-refractivity contribution in [3.8, 4) is 5.75 Å². The third kappa shape index (κ3) is 4.67. The number of benzene rings is 2. The molecule has 1 N–H and O–H groups in total. The molecule has 1 atom stereocenters. The van der Waals surface area contributed by atoms with Crippen LogP contribution in [0.25, 0.3) is 0 Å². The molecule has 1 heterocycles. The van der Waals surface area contributed by atoms with E-state index in [0.29, 0.717) is 13.0 Å². The molecule has 25 heavy (non-hydrogen) atoms. The molecule has 3 aromatic rings. The zero-order valence-electron chi connectivity index (χ0n) is 14.0. The molecule has 0 aliphatic rings. The van der Waals surface area contributed by atoms with E-state index in [1.54, 1.807) is 24.3 Å². The topological polar surface area (TPSA) is 69.0 Å². The van der Waals surface area contributed by atoms with Crippen LogP contribution in [0.3, 0.4) is 0 Å². The summed E-state index contributed by atoms with van der Waals surface area (Å²) < 4.78 is 5.14. The third-order valence-corrected chi connectivity index (χ3v) is 3.87. The number of ether oxygens (including phenoxy) is 1. The fourth-order valence-electron chi connectivity index (χ4n) is 2.59. The van der Waals surface area contributed by atoms with E-state index < -0.39 is 0 Å². The number of nitrogens with zero attached hydrogens (tertiary/aromatic N) is 3. The summed E-state index contributed by atoms with van der Waals surface area (Å²) in [4.78, 5) is 14.1. The molecule has 128 valence electrons. The number of nitrogens with one attached hydrogen (secondary N) is 1. The summed E-state index contributed by atoms with van der Waals surface area (Å²) in [7, 11) is 1.62. The standard InChI is InChI=1S/C19H20N4O2/c1-25-17-9-7-15(8-10-17)13-19(24)22-18(14-23-20-11-12-21-23)16-5-3-2-4-6-16/h2-12,18H,13-14H2,1H3,(H,22,24)/t18-/m0/s1. The van der Waals surface area contributed by atoms with Crippen molar-refractivity contribution in [2.45, 2.75) is 19.0 Å². The maximum Gasteiger partial charge on any atom is 0.224 e. The molecule has 0 aliphatic heterocycles. The molecule has 0 fully saturated rings. The lowest BCUT2D eigenvalue weighted by Gasteiger charge is -2.19. The lowest BCUT2D eigenvalue weighted by atomic mass is 10.1. The molecule has 0 bridgehead atoms. The molecular weight excluding hydrogens is 316 g/mol. The Bertz CT molecular complexity index is 786. The van der Waals surface area contributed by atoms with Gasteiger partial charge >= 0.3 is 0 Å². The number of amides is 1. The van der Waals surface area contributed by atoms with Crippen molar-refractivity contribution in [1.82, 2.24) is 20.3 Å². The number of carbonyl (C=O) groups excluding carboxylic acids is 1. The number of rotatable bonds is 7. The van der Waals surface area contributed by atoms with Crippen LogP contribution in [-0.2, 0) is 17.8 Å². The Balaban J connectivity index is 1.69. The number of methoxy groups -OCH3 is 1. The van der Waals surface area contributed by atoms with Gasteiger partial charge in [0.05, 0.1) is 38.5 Å². The summed E-state index contributed by atoms with van der Waals surface area (Å²) >= 11 is 0. The zero-order valence-corrected chi connectivity index (χ0v) is 14.0. The fraction of sp³-hybridized carbons (Fsp3) is 0.211. The normalized spacial score (nSPS) is 11.7. The molecule has 0 spiro atoms. The fourth-order valence-corrected chi connectivity index (χ4v) is 2.59. The molecule has 1 amide bonds. The van der Waals surface area contributed by atoms with Gasteiger partial charge < -0.3 is 10.1 Å². The maximum absolute atomic E-state index is 12.5. The van der Waals surface area contributed by atoms with E-state index >= 15 is 0 Å². The minimum Gasteiger partial charge on any atom is -0.497 e. The smallest absolute Gasteiger partial charge is 0.224 e. The molecule has 6 heteroatoms. The van der Waals surface area contributed by atoms with Crippen LogP contribution in [0.2, 0.25) is 0 Å². The molecule has 0 radical (unpaired) electrons. The molecule has 3 rings (SSSR count). The first-order chi connectivity index (χ1) is 12.2. The van der Waals surface area contributed by atoms with Crippen LogP contribution in [0.15, 0.2) is 67.0 Å². The van der Waals surface area contributed by atoms with Crippen LogP contribution in [-0.4, -0.2) is 28.0 Å². The van der Waals surface area contributed by atoms with Crippen molar-refractivity contribution in [3.63, 3.8) is 0 Å². The molecular formula is C19H20N4O2. The van der Waals surface area contributed by atoms with Gasteiger partial charge in [-0.1, -0.05) is 42.5 Å². The van der Waals surface area contributed by atoms with Crippen LogP contribution >= 0.6 is 0 Å². The summed E-state index contributed by atoms with van der Waals surface area (Å²) in [6.45, 7) is 0.478. The molecule has 0 saturated heterocycles. The first-order valence-corrected chi connectivity index (χ1v) is 8.06. The first kappa shape index (κ1) is 16.7. The Hall–Kier alpha value is -3.15. The molecule has 2 aromatic carbocycles. The number of hydrogen-bond acceptors (Lipinski definition) is 4. The maximum atomic E-state index is 12.5. The van der Waals surface area contributed by atoms with Crippen LogP contribution in [0.5, 0.6) is 5.75 Å². The highest BCUT2D eigenvalue weighted by Gasteiger charge is 2.16. The monoisotopic (exact) mass is 336 g/mol. The van der Waals surface area contributed by atoms with Crippen LogP contribution < -0.4 is 10.1 Å². The van der Waals surface area contributed by atoms with E-state index in [-0.39, 0.29) is 11.9 Å². The van der Waals surface area contributed by atoms with Crippen LogP contribution in [0.4, 0.5) is 0 Å². The van der Waals surface area contributed by atoms with E-state index in [1.807, 2.05) is 54.6 Å². The van der Waals surface area contributed by atoms with Crippen molar-refractivity contribution < 1.29 is 9.53 Å². The van der Waals surface area contributed by atoms with Gasteiger partial charge in [0.1, 0.15) is 5.75 Å². The minimum absolute atomic E-state index is 0.0498. The molecule has 1 aromatic heterocycles. The average Bonchev–Trinajstić information content (AvgIpc) is 3.16. The lowest BCUT2D eigenvalue weighted by molar-refractivity contribution is -0.121. The summed E-state index contributed by atoms with van der Waals surface area (Å²) in [6.07, 6.45) is 3.56. The zero-order chi connectivity index (χ0) is 17.5. The van der Waals surface area contributed by atoms with Crippen molar-refractivity contribution in [2.24, 2.45) is 0 Å². The van der Waals surface area contributed by atoms with Gasteiger partial charge in [-0.3, -0.25) is 4.79 Å². The van der Waals surface area contributed by atoms with Gasteiger partial charge in [-0.25, -0.2) is 0 Å². The van der Waals surface area contributed by atoms with Crippen molar-refractivity contribution in [3.05, 3.63) is 78.1 Å². The quantitative estimate of drug-likeness (QED) is 0.719. The van der Waals surface area contributed by atoms with E-state index in [4.69, 9.17) is 4.74 Å². The van der Waals surface area contributed by atoms with Gasteiger partial charge in [0, 0.05) is 0 Å². The summed E-state index contributed by atoms with van der Waals surface area (Å²) in [6, 6.07) is 17.1. The first-order valence-electron chi connectivity index (χ1n) is 8.06. The number of hydrogen-bond donors (Lipinski definition) is 1. The SMILES string of the molecule is COc1ccc(CC(=O)N[C@@H](Cn2nccn2)c2ccccc2)cc1. The summed E-state index contributed by atoms with van der Waals surface area (Å²) in [5, 5.41) is 11.3. The Morgan fingerprint density at radius 2 is 1.76 bits per heavy atom. The lowest BCUT2D eigenvalue weighted by Crippen LogP contribution is -2.33. The predicted molar refractivity (Wildman–Crippen MR) is 94.0 cm³/mol. The third-order valence-electron chi connectivity index (χ3n) is 3.87. The van der Waals surface area contributed by atoms with Crippen molar-refractivity contribution in [2.75, 3.05) is 7.11 Å². The van der Waals surface area contributed by atoms with Gasteiger partial charge in [-0.05, 0) is 23.3 Å². The van der Waals surface area contributed by atoms with Gasteiger partial charge in [-0.2, -0.15) is 15.0 Å². The largest absolute Gasteiger partial charge is 0.497 e. The minimum atomic E-state index is -0.195. The highest BCUT2D eigenvalue weighted by Crippen LogP contribution is 2.16. The van der Waals surface area contributed by atoms with Gasteiger partial charge in [-0.15, -0.1) is 0 Å². The molecule has 0 saturated carbocycles. The summed E-state index contributed by atoms with van der Waals surface area (Å²) in [5.74, 6) is 0.724. The van der Waals surface area contributed by atoms with E-state index in [2.05, 4.69) is 15.5 Å². The second-order valence-corrected chi connectivity index (χ2v) is 5.64. The van der Waals surface area contributed by atoms with E-state index in [0.717, 1.165) is 16.9 Å². The second kappa shape index (κ2) is 8.10.